The number of nitrogens with one attached hydrogen (secondary N) is 1. The van der Waals surface area contributed by atoms with Crippen LogP contribution in [-0.2, 0) is 13.0 Å². The summed E-state index contributed by atoms with van der Waals surface area (Å²) >= 11 is 1.54. The van der Waals surface area contributed by atoms with E-state index in [0.717, 1.165) is 25.1 Å². The van der Waals surface area contributed by atoms with Crippen LogP contribution in [0.3, 0.4) is 0 Å². The molecule has 1 saturated carbocycles. The number of thiazole rings is 1. The van der Waals surface area contributed by atoms with Crippen LogP contribution in [0.5, 0.6) is 0 Å². The molecule has 0 aliphatic heterocycles. The van der Waals surface area contributed by atoms with Crippen molar-refractivity contribution in [1.29, 1.82) is 0 Å². The van der Waals surface area contributed by atoms with Crippen molar-refractivity contribution >= 4 is 16.5 Å². The summed E-state index contributed by atoms with van der Waals surface area (Å²) < 4.78 is 24.8. The number of rotatable bonds is 8. The van der Waals surface area contributed by atoms with Gasteiger partial charge in [0.1, 0.15) is 0 Å². The lowest BCUT2D eigenvalue weighted by molar-refractivity contribution is 0.156. The Labute approximate surface area is 117 Å². The summed E-state index contributed by atoms with van der Waals surface area (Å²) in [6, 6.07) is 0.652. The van der Waals surface area contributed by atoms with E-state index in [4.69, 9.17) is 0 Å². The van der Waals surface area contributed by atoms with Crippen LogP contribution in [0.2, 0.25) is 0 Å². The van der Waals surface area contributed by atoms with Gasteiger partial charge in [-0.05, 0) is 19.3 Å². The highest BCUT2D eigenvalue weighted by molar-refractivity contribution is 7.15. The second-order valence-corrected chi connectivity index (χ2v) is 6.11. The molecule has 0 amide bonds. The Balaban J connectivity index is 2.03. The summed E-state index contributed by atoms with van der Waals surface area (Å²) in [4.78, 5) is 7.27. The topological polar surface area (TPSA) is 28.2 Å². The molecule has 3 nitrogen and oxygen atoms in total. The van der Waals surface area contributed by atoms with Crippen LogP contribution >= 0.6 is 11.3 Å². The van der Waals surface area contributed by atoms with Crippen molar-refractivity contribution in [2.24, 2.45) is 0 Å². The molecule has 1 aliphatic carbocycles. The van der Waals surface area contributed by atoms with Gasteiger partial charge in [-0.25, -0.2) is 13.8 Å². The van der Waals surface area contributed by atoms with Gasteiger partial charge >= 0.3 is 0 Å². The fourth-order valence-corrected chi connectivity index (χ4v) is 2.94. The highest BCUT2D eigenvalue weighted by Crippen LogP contribution is 2.28. The maximum absolute atomic E-state index is 12.4. The highest BCUT2D eigenvalue weighted by atomic mass is 32.1. The third kappa shape index (κ3) is 4.38. The van der Waals surface area contributed by atoms with Crippen molar-refractivity contribution in [3.8, 4) is 0 Å². The van der Waals surface area contributed by atoms with E-state index in [1.165, 1.54) is 29.1 Å². The molecule has 1 aromatic rings. The molecule has 19 heavy (non-hydrogen) atoms. The summed E-state index contributed by atoms with van der Waals surface area (Å²) in [5.41, 5.74) is 1.07. The lowest BCUT2D eigenvalue weighted by Gasteiger charge is -2.14. The highest BCUT2D eigenvalue weighted by Gasteiger charge is 2.22. The second kappa shape index (κ2) is 6.61. The lowest BCUT2D eigenvalue weighted by Crippen LogP contribution is -2.23. The van der Waals surface area contributed by atoms with Gasteiger partial charge in [0, 0.05) is 24.5 Å². The average Bonchev–Trinajstić information content (AvgIpc) is 3.08. The maximum Gasteiger partial charge on any atom is 0.255 e. The molecule has 0 saturated heterocycles. The molecule has 0 spiro atoms. The van der Waals surface area contributed by atoms with Gasteiger partial charge < -0.3 is 10.2 Å². The van der Waals surface area contributed by atoms with Crippen molar-refractivity contribution < 1.29 is 8.78 Å². The van der Waals surface area contributed by atoms with E-state index in [9.17, 15) is 8.78 Å². The van der Waals surface area contributed by atoms with Gasteiger partial charge in [-0.15, -0.1) is 11.3 Å². The molecule has 6 heteroatoms. The van der Waals surface area contributed by atoms with E-state index in [1.54, 1.807) is 11.9 Å². The van der Waals surface area contributed by atoms with Gasteiger partial charge in [0.25, 0.3) is 6.43 Å². The van der Waals surface area contributed by atoms with Gasteiger partial charge in [-0.1, -0.05) is 13.3 Å². The summed E-state index contributed by atoms with van der Waals surface area (Å²) in [7, 11) is 1.68. The van der Waals surface area contributed by atoms with E-state index in [0.29, 0.717) is 11.2 Å². The van der Waals surface area contributed by atoms with Crippen molar-refractivity contribution in [2.45, 2.75) is 51.6 Å². The molecule has 0 bridgehead atoms. The summed E-state index contributed by atoms with van der Waals surface area (Å²) in [5, 5.41) is 4.17. The normalized spacial score (nSPS) is 15.2. The summed E-state index contributed by atoms with van der Waals surface area (Å²) in [6.07, 6.45) is 2.12. The number of halogens is 2. The largest absolute Gasteiger partial charge is 0.345 e. The minimum atomic E-state index is -2.32. The van der Waals surface area contributed by atoms with E-state index in [1.807, 2.05) is 0 Å². The standard InChI is InChI=1S/C13H21F2N3S/c1-3-4-10-11(7-16-9-5-6-9)19-13(17-10)18(2)8-12(14)15/h9,12,16H,3-8H2,1-2H3. The zero-order valence-corrected chi connectivity index (χ0v) is 12.3. The predicted molar refractivity (Wildman–Crippen MR) is 75.2 cm³/mol. The molecule has 0 radical (unpaired) electrons. The van der Waals surface area contributed by atoms with Crippen LogP contribution in [0, 0.1) is 0 Å². The third-order valence-electron chi connectivity index (χ3n) is 3.12. The summed E-state index contributed by atoms with van der Waals surface area (Å²) in [5.74, 6) is 0. The van der Waals surface area contributed by atoms with Crippen molar-refractivity contribution in [1.82, 2.24) is 10.3 Å². The van der Waals surface area contributed by atoms with Crippen LogP contribution < -0.4 is 10.2 Å². The van der Waals surface area contributed by atoms with Crippen LogP contribution in [0.25, 0.3) is 0 Å². The lowest BCUT2D eigenvalue weighted by atomic mass is 10.2. The molecule has 1 aromatic heterocycles. The van der Waals surface area contributed by atoms with Crippen LogP contribution in [0.4, 0.5) is 13.9 Å². The SMILES string of the molecule is CCCc1nc(N(C)CC(F)F)sc1CNC1CC1. The van der Waals surface area contributed by atoms with E-state index < -0.39 is 6.43 Å². The van der Waals surface area contributed by atoms with Crippen molar-refractivity contribution in [3.05, 3.63) is 10.6 Å². The Kier molecular flexibility index (Phi) is 5.10. The molecular weight excluding hydrogens is 268 g/mol. The maximum atomic E-state index is 12.4. The van der Waals surface area contributed by atoms with E-state index >= 15 is 0 Å². The molecule has 0 unspecified atom stereocenters. The van der Waals surface area contributed by atoms with Gasteiger partial charge in [0.2, 0.25) is 0 Å². The average molecular weight is 289 g/mol. The zero-order chi connectivity index (χ0) is 13.8. The molecule has 0 atom stereocenters. The number of alkyl halides is 2. The second-order valence-electron chi connectivity index (χ2n) is 5.04. The van der Waals surface area contributed by atoms with Gasteiger partial charge in [-0.3, -0.25) is 0 Å². The number of hydrogen-bond acceptors (Lipinski definition) is 4. The molecule has 2 rings (SSSR count). The Morgan fingerprint density at radius 2 is 2.21 bits per heavy atom. The van der Waals surface area contributed by atoms with Gasteiger partial charge in [0.15, 0.2) is 5.13 Å². The van der Waals surface area contributed by atoms with Gasteiger partial charge in [0.05, 0.1) is 12.2 Å². The zero-order valence-electron chi connectivity index (χ0n) is 11.5. The molecular formula is C13H21F2N3S. The van der Waals surface area contributed by atoms with Crippen molar-refractivity contribution in [2.75, 3.05) is 18.5 Å². The minimum Gasteiger partial charge on any atom is -0.345 e. The Hall–Kier alpha value is -0.750. The van der Waals surface area contributed by atoms with Crippen LogP contribution in [0.15, 0.2) is 0 Å². The quantitative estimate of drug-likeness (QED) is 0.797. The third-order valence-corrected chi connectivity index (χ3v) is 4.33. The Bertz CT molecular complexity index is 405. The fourth-order valence-electron chi connectivity index (χ4n) is 1.91. The van der Waals surface area contributed by atoms with Crippen LogP contribution in [-0.4, -0.2) is 31.0 Å². The predicted octanol–water partition coefficient (Wildman–Crippen LogP) is 3.05. The van der Waals surface area contributed by atoms with Crippen molar-refractivity contribution in [3.63, 3.8) is 0 Å². The fraction of sp³-hybridized carbons (Fsp3) is 0.769. The Morgan fingerprint density at radius 1 is 1.47 bits per heavy atom. The number of aromatic nitrogens is 1. The Morgan fingerprint density at radius 3 is 2.79 bits per heavy atom. The molecule has 1 fully saturated rings. The first-order valence-corrected chi connectivity index (χ1v) is 7.63. The van der Waals surface area contributed by atoms with Gasteiger partial charge in [-0.2, -0.15) is 0 Å². The van der Waals surface area contributed by atoms with Crippen LogP contribution in [0.1, 0.15) is 36.8 Å². The molecule has 1 aliphatic rings. The molecule has 1 N–H and O–H groups in total. The number of anilines is 1. The molecule has 108 valence electrons. The van der Waals surface area contributed by atoms with E-state index in [2.05, 4.69) is 17.2 Å². The first-order valence-electron chi connectivity index (χ1n) is 6.81. The summed E-state index contributed by atoms with van der Waals surface area (Å²) in [6.45, 7) is 2.68. The first-order chi connectivity index (χ1) is 9.10. The number of hydrogen-bond donors (Lipinski definition) is 1. The monoisotopic (exact) mass is 289 g/mol. The van der Waals surface area contributed by atoms with E-state index in [-0.39, 0.29) is 6.54 Å². The number of aryl methyl sites for hydroxylation is 1. The number of nitrogens with zero attached hydrogens (tertiary/aromatic N) is 2. The minimum absolute atomic E-state index is 0.255. The molecule has 1 heterocycles. The molecule has 0 aromatic carbocycles. The first kappa shape index (κ1) is 14.7. The smallest absolute Gasteiger partial charge is 0.255 e.